The zero-order valence-electron chi connectivity index (χ0n) is 5.59. The zero-order valence-corrected chi connectivity index (χ0v) is 5.59. The third-order valence-electron chi connectivity index (χ3n) is 1.09. The summed E-state index contributed by atoms with van der Waals surface area (Å²) in [5, 5.41) is 0. The third kappa shape index (κ3) is 2.05. The van der Waals surface area contributed by atoms with Crippen LogP contribution in [0.1, 0.15) is 13.0 Å². The maximum atomic E-state index is 4.93. The van der Waals surface area contributed by atoms with Crippen molar-refractivity contribution in [2.45, 2.75) is 14.4 Å². The Labute approximate surface area is 61.9 Å². The van der Waals surface area contributed by atoms with E-state index in [9.17, 15) is 0 Å². The minimum Gasteiger partial charge on any atom is -0.495 e. The molecule has 0 atom stereocenters. The molecule has 0 bridgehead atoms. The van der Waals surface area contributed by atoms with E-state index in [1.54, 1.807) is 19.5 Å². The van der Waals surface area contributed by atoms with Crippen LogP contribution >= 0.6 is 0 Å². The number of ether oxygens (including phenoxy) is 1. The van der Waals surface area contributed by atoms with Crippen molar-refractivity contribution in [2.75, 3.05) is 7.11 Å². The van der Waals surface area contributed by atoms with Crippen LogP contribution in [0.4, 0.5) is 0 Å². The number of hydrogen-bond donors (Lipinski definition) is 0. The van der Waals surface area contributed by atoms with E-state index in [1.807, 2.05) is 13.0 Å². The zero-order chi connectivity index (χ0) is 6.69. The molecular weight excluding hydrogens is 126 g/mol. The molecule has 1 heterocycles. The fraction of sp³-hybridized carbons (Fsp3) is 0.375. The van der Waals surface area contributed by atoms with Crippen LogP contribution in [0.3, 0.4) is 0 Å². The Balaban J connectivity index is 0.000000810. The molecular formula is C8H13NO. The summed E-state index contributed by atoms with van der Waals surface area (Å²) < 4.78 is 4.93. The normalized spacial score (nSPS) is 8.20. The molecule has 10 heavy (non-hydrogen) atoms. The predicted octanol–water partition coefficient (Wildman–Crippen LogP) is 2.03. The smallest absolute Gasteiger partial charge is 0.137 e. The van der Waals surface area contributed by atoms with Crippen molar-refractivity contribution in [3.05, 3.63) is 24.0 Å². The van der Waals surface area contributed by atoms with Crippen molar-refractivity contribution < 1.29 is 4.74 Å². The minimum atomic E-state index is 0. The summed E-state index contributed by atoms with van der Waals surface area (Å²) in [4.78, 5) is 3.93. The lowest BCUT2D eigenvalue weighted by Gasteiger charge is -1.97. The number of aryl methyl sites for hydroxylation is 1. The SMILES string of the molecule is C.COc1cncc(C)c1. The summed E-state index contributed by atoms with van der Waals surface area (Å²) in [6.45, 7) is 1.98. The Morgan fingerprint density at radius 1 is 1.40 bits per heavy atom. The molecule has 0 amide bonds. The molecule has 1 aromatic heterocycles. The lowest BCUT2D eigenvalue weighted by molar-refractivity contribution is 0.412. The van der Waals surface area contributed by atoms with Crippen LogP contribution in [0.2, 0.25) is 0 Å². The van der Waals surface area contributed by atoms with Gasteiger partial charge >= 0.3 is 0 Å². The molecule has 2 nitrogen and oxygen atoms in total. The molecule has 56 valence electrons. The number of nitrogens with zero attached hydrogens (tertiary/aromatic N) is 1. The van der Waals surface area contributed by atoms with Crippen molar-refractivity contribution >= 4 is 0 Å². The second kappa shape index (κ2) is 3.88. The first kappa shape index (κ1) is 8.95. The van der Waals surface area contributed by atoms with Crippen LogP contribution in [-0.4, -0.2) is 12.1 Å². The van der Waals surface area contributed by atoms with Gasteiger partial charge in [-0.15, -0.1) is 0 Å². The monoisotopic (exact) mass is 139 g/mol. The Bertz CT molecular complexity index is 198. The summed E-state index contributed by atoms with van der Waals surface area (Å²) >= 11 is 0. The molecule has 0 aromatic carbocycles. The standard InChI is InChI=1S/C7H9NO.CH4/c1-6-3-7(9-2)5-8-4-6;/h3-5H,1-2H3;1H4. The van der Waals surface area contributed by atoms with E-state index in [0.717, 1.165) is 11.3 Å². The first-order chi connectivity index (χ1) is 4.33. The van der Waals surface area contributed by atoms with Gasteiger partial charge in [0.15, 0.2) is 0 Å². The number of hydrogen-bond acceptors (Lipinski definition) is 2. The van der Waals surface area contributed by atoms with E-state index in [2.05, 4.69) is 4.98 Å². The van der Waals surface area contributed by atoms with Crippen LogP contribution in [0.15, 0.2) is 18.5 Å². The van der Waals surface area contributed by atoms with Gasteiger partial charge in [0.1, 0.15) is 5.75 Å². The van der Waals surface area contributed by atoms with Gasteiger partial charge in [0.05, 0.1) is 13.3 Å². The van der Waals surface area contributed by atoms with Gasteiger partial charge in [-0.25, -0.2) is 0 Å². The predicted molar refractivity (Wildman–Crippen MR) is 42.3 cm³/mol. The minimum absolute atomic E-state index is 0. The van der Waals surface area contributed by atoms with Gasteiger partial charge in [-0.1, -0.05) is 7.43 Å². The first-order valence-corrected chi connectivity index (χ1v) is 2.78. The maximum absolute atomic E-state index is 4.93. The average Bonchev–Trinajstić information content (AvgIpc) is 1.88. The van der Waals surface area contributed by atoms with Gasteiger partial charge in [-0.2, -0.15) is 0 Å². The Hall–Kier alpha value is -1.05. The molecule has 1 aromatic rings. The summed E-state index contributed by atoms with van der Waals surface area (Å²) in [5.74, 6) is 0.815. The largest absolute Gasteiger partial charge is 0.495 e. The fourth-order valence-electron chi connectivity index (χ4n) is 0.639. The van der Waals surface area contributed by atoms with E-state index in [1.165, 1.54) is 0 Å². The topological polar surface area (TPSA) is 22.1 Å². The van der Waals surface area contributed by atoms with Gasteiger partial charge in [0.25, 0.3) is 0 Å². The number of rotatable bonds is 1. The molecule has 0 radical (unpaired) electrons. The lowest BCUT2D eigenvalue weighted by Crippen LogP contribution is -1.84. The summed E-state index contributed by atoms with van der Waals surface area (Å²) in [6.07, 6.45) is 3.48. The third-order valence-corrected chi connectivity index (χ3v) is 1.09. The highest BCUT2D eigenvalue weighted by Crippen LogP contribution is 2.07. The van der Waals surface area contributed by atoms with Crippen molar-refractivity contribution in [1.29, 1.82) is 0 Å². The molecule has 0 aliphatic heterocycles. The molecule has 0 N–H and O–H groups in total. The van der Waals surface area contributed by atoms with E-state index < -0.39 is 0 Å². The Kier molecular flexibility index (Phi) is 3.47. The van der Waals surface area contributed by atoms with Crippen LogP contribution < -0.4 is 4.74 Å². The highest BCUT2D eigenvalue weighted by molar-refractivity contribution is 5.21. The van der Waals surface area contributed by atoms with Gasteiger partial charge in [-0.05, 0) is 18.6 Å². The van der Waals surface area contributed by atoms with Gasteiger partial charge in [0.2, 0.25) is 0 Å². The number of methoxy groups -OCH3 is 1. The quantitative estimate of drug-likeness (QED) is 0.594. The fourth-order valence-corrected chi connectivity index (χ4v) is 0.639. The van der Waals surface area contributed by atoms with E-state index in [-0.39, 0.29) is 7.43 Å². The second-order valence-electron chi connectivity index (χ2n) is 1.90. The van der Waals surface area contributed by atoms with Crippen LogP contribution in [0.5, 0.6) is 5.75 Å². The summed E-state index contributed by atoms with van der Waals surface area (Å²) in [5.41, 5.74) is 1.12. The van der Waals surface area contributed by atoms with Crippen molar-refractivity contribution in [2.24, 2.45) is 0 Å². The summed E-state index contributed by atoms with van der Waals surface area (Å²) in [6, 6.07) is 1.94. The number of pyridine rings is 1. The van der Waals surface area contributed by atoms with Crippen LogP contribution in [0, 0.1) is 6.92 Å². The van der Waals surface area contributed by atoms with Gasteiger partial charge in [-0.3, -0.25) is 4.98 Å². The maximum Gasteiger partial charge on any atom is 0.137 e. The molecule has 0 saturated carbocycles. The van der Waals surface area contributed by atoms with Crippen LogP contribution in [-0.2, 0) is 0 Å². The Morgan fingerprint density at radius 3 is 2.50 bits per heavy atom. The number of aromatic nitrogens is 1. The molecule has 2 heteroatoms. The molecule has 0 spiro atoms. The first-order valence-electron chi connectivity index (χ1n) is 2.78. The Morgan fingerprint density at radius 2 is 2.10 bits per heavy atom. The lowest BCUT2D eigenvalue weighted by atomic mass is 10.3. The molecule has 0 saturated heterocycles. The highest BCUT2D eigenvalue weighted by Gasteiger charge is 1.88. The average molecular weight is 139 g/mol. The highest BCUT2D eigenvalue weighted by atomic mass is 16.5. The molecule has 0 fully saturated rings. The molecule has 0 aliphatic rings. The van der Waals surface area contributed by atoms with Crippen molar-refractivity contribution in [3.8, 4) is 5.75 Å². The molecule has 1 rings (SSSR count). The summed E-state index contributed by atoms with van der Waals surface area (Å²) in [7, 11) is 1.64. The van der Waals surface area contributed by atoms with Crippen molar-refractivity contribution in [1.82, 2.24) is 4.98 Å². The second-order valence-corrected chi connectivity index (χ2v) is 1.90. The molecule has 0 unspecified atom stereocenters. The van der Waals surface area contributed by atoms with E-state index in [4.69, 9.17) is 4.74 Å². The van der Waals surface area contributed by atoms with Crippen LogP contribution in [0.25, 0.3) is 0 Å². The molecule has 0 aliphatic carbocycles. The van der Waals surface area contributed by atoms with Gasteiger partial charge in [0, 0.05) is 6.20 Å². The van der Waals surface area contributed by atoms with Crippen molar-refractivity contribution in [3.63, 3.8) is 0 Å². The van der Waals surface area contributed by atoms with E-state index in [0.29, 0.717) is 0 Å². The van der Waals surface area contributed by atoms with E-state index >= 15 is 0 Å². The van der Waals surface area contributed by atoms with Gasteiger partial charge < -0.3 is 4.74 Å².